The lowest BCUT2D eigenvalue weighted by Crippen LogP contribution is -2.22. The molecular weight excluding hydrogens is 317 g/mol. The van der Waals surface area contributed by atoms with Gasteiger partial charge in [-0.2, -0.15) is 0 Å². The highest BCUT2D eigenvalue weighted by Gasteiger charge is 2.05. The van der Waals surface area contributed by atoms with E-state index in [1.165, 1.54) is 6.07 Å². The molecule has 2 aromatic carbocycles. The van der Waals surface area contributed by atoms with Crippen LogP contribution in [0.25, 0.3) is 5.69 Å². The minimum atomic E-state index is -0.327. The number of anilines is 1. The van der Waals surface area contributed by atoms with Gasteiger partial charge in [-0.3, -0.25) is 0 Å². The number of guanidine groups is 1. The van der Waals surface area contributed by atoms with Gasteiger partial charge in [0.2, 0.25) is 0 Å². The topological polar surface area (TPSA) is 68.2 Å². The Morgan fingerprint density at radius 3 is 2.60 bits per heavy atom. The molecule has 1 aromatic heterocycles. The Labute approximate surface area is 146 Å². The van der Waals surface area contributed by atoms with Crippen molar-refractivity contribution in [1.29, 1.82) is 0 Å². The maximum Gasteiger partial charge on any atom is 0.193 e. The van der Waals surface area contributed by atoms with Crippen LogP contribution < -0.4 is 11.1 Å². The molecule has 3 rings (SSSR count). The van der Waals surface area contributed by atoms with Crippen molar-refractivity contribution in [1.82, 2.24) is 9.55 Å². The Balaban J connectivity index is 1.69. The minimum absolute atomic E-state index is 0.295. The van der Waals surface area contributed by atoms with Gasteiger partial charge in [-0.25, -0.2) is 14.4 Å². The molecule has 5 nitrogen and oxygen atoms in total. The fourth-order valence-corrected chi connectivity index (χ4v) is 2.67. The fourth-order valence-electron chi connectivity index (χ4n) is 2.67. The summed E-state index contributed by atoms with van der Waals surface area (Å²) in [7, 11) is 0. The number of nitrogens with two attached hydrogens (primary N) is 1. The summed E-state index contributed by atoms with van der Waals surface area (Å²) in [6.45, 7) is 4.34. The molecule has 0 aliphatic carbocycles. The van der Waals surface area contributed by atoms with E-state index in [0.717, 1.165) is 22.4 Å². The van der Waals surface area contributed by atoms with E-state index in [0.29, 0.717) is 18.2 Å². The van der Waals surface area contributed by atoms with E-state index in [-0.39, 0.29) is 5.82 Å². The highest BCUT2D eigenvalue weighted by Crippen LogP contribution is 2.16. The third-order valence-electron chi connectivity index (χ3n) is 3.72. The average molecular weight is 337 g/mol. The van der Waals surface area contributed by atoms with Crippen LogP contribution in [0.2, 0.25) is 0 Å². The van der Waals surface area contributed by atoms with Gasteiger partial charge in [0, 0.05) is 18.1 Å². The van der Waals surface area contributed by atoms with E-state index in [4.69, 9.17) is 5.73 Å². The number of aryl methyl sites for hydroxylation is 2. The molecule has 0 amide bonds. The molecular formula is C19H20FN5. The zero-order valence-corrected chi connectivity index (χ0v) is 14.2. The summed E-state index contributed by atoms with van der Waals surface area (Å²) in [5.74, 6) is -0.0318. The quantitative estimate of drug-likeness (QED) is 0.565. The molecule has 0 fully saturated rings. The van der Waals surface area contributed by atoms with Gasteiger partial charge in [0.05, 0.1) is 18.6 Å². The van der Waals surface area contributed by atoms with Crippen molar-refractivity contribution in [3.8, 4) is 5.69 Å². The molecule has 0 atom stereocenters. The second-order valence-corrected chi connectivity index (χ2v) is 5.96. The molecule has 0 aliphatic rings. The lowest BCUT2D eigenvalue weighted by atomic mass is 10.1. The van der Waals surface area contributed by atoms with Crippen LogP contribution in [-0.2, 0) is 6.54 Å². The van der Waals surface area contributed by atoms with E-state index >= 15 is 0 Å². The maximum absolute atomic E-state index is 14.2. The highest BCUT2D eigenvalue weighted by atomic mass is 19.1. The summed E-state index contributed by atoms with van der Waals surface area (Å²) in [6, 6.07) is 11.1. The van der Waals surface area contributed by atoms with Gasteiger partial charge in [-0.15, -0.1) is 0 Å². The van der Waals surface area contributed by atoms with E-state index in [1.54, 1.807) is 29.4 Å². The number of benzene rings is 2. The van der Waals surface area contributed by atoms with E-state index in [1.807, 2.05) is 32.0 Å². The predicted octanol–water partition coefficient (Wildman–Crippen LogP) is 3.56. The molecule has 0 aliphatic heterocycles. The molecule has 0 unspecified atom stereocenters. The number of aliphatic imine (C=N–C) groups is 1. The molecule has 0 saturated heterocycles. The molecule has 128 valence electrons. The van der Waals surface area contributed by atoms with Crippen molar-refractivity contribution in [3.63, 3.8) is 0 Å². The summed E-state index contributed by atoms with van der Waals surface area (Å²) in [5.41, 5.74) is 10.3. The summed E-state index contributed by atoms with van der Waals surface area (Å²) in [4.78, 5) is 8.20. The van der Waals surface area contributed by atoms with Gasteiger partial charge in [0.25, 0.3) is 0 Å². The summed E-state index contributed by atoms with van der Waals surface area (Å²) in [5, 5.41) is 3.06. The van der Waals surface area contributed by atoms with Crippen LogP contribution in [0.1, 0.15) is 16.7 Å². The Morgan fingerprint density at radius 1 is 1.20 bits per heavy atom. The maximum atomic E-state index is 14.2. The molecule has 0 bridgehead atoms. The second-order valence-electron chi connectivity index (χ2n) is 5.96. The molecule has 0 saturated carbocycles. The predicted molar refractivity (Wildman–Crippen MR) is 98.4 cm³/mol. The van der Waals surface area contributed by atoms with Gasteiger partial charge >= 0.3 is 0 Å². The number of halogens is 1. The number of imidazole rings is 1. The second kappa shape index (κ2) is 7.17. The van der Waals surface area contributed by atoms with Gasteiger partial charge < -0.3 is 15.6 Å². The molecule has 1 heterocycles. The summed E-state index contributed by atoms with van der Waals surface area (Å²) < 4.78 is 15.9. The number of hydrogen-bond donors (Lipinski definition) is 2. The zero-order chi connectivity index (χ0) is 17.8. The van der Waals surface area contributed by atoms with Crippen LogP contribution in [0.5, 0.6) is 0 Å². The minimum Gasteiger partial charge on any atom is -0.370 e. The van der Waals surface area contributed by atoms with Crippen molar-refractivity contribution >= 4 is 11.6 Å². The first-order valence-corrected chi connectivity index (χ1v) is 7.93. The third kappa shape index (κ3) is 4.23. The van der Waals surface area contributed by atoms with Crippen LogP contribution in [0, 0.1) is 19.7 Å². The van der Waals surface area contributed by atoms with Crippen molar-refractivity contribution < 1.29 is 4.39 Å². The SMILES string of the molecule is Cc1cc(C)cc(NC(N)=NCc2ccc(-n3ccnc3)c(F)c2)c1. The van der Waals surface area contributed by atoms with Gasteiger partial charge in [-0.1, -0.05) is 12.1 Å². The van der Waals surface area contributed by atoms with E-state index in [2.05, 4.69) is 21.4 Å². The molecule has 6 heteroatoms. The van der Waals surface area contributed by atoms with E-state index < -0.39 is 0 Å². The first-order chi connectivity index (χ1) is 12.0. The molecule has 0 spiro atoms. The zero-order valence-electron chi connectivity index (χ0n) is 14.2. The lowest BCUT2D eigenvalue weighted by molar-refractivity contribution is 0.616. The number of nitrogens with one attached hydrogen (secondary N) is 1. The smallest absolute Gasteiger partial charge is 0.193 e. The van der Waals surface area contributed by atoms with Gasteiger partial charge in [-0.05, 0) is 54.8 Å². The lowest BCUT2D eigenvalue weighted by Gasteiger charge is -2.09. The monoisotopic (exact) mass is 337 g/mol. The Hall–Kier alpha value is -3.15. The van der Waals surface area contributed by atoms with Crippen molar-refractivity contribution in [2.75, 3.05) is 5.32 Å². The third-order valence-corrected chi connectivity index (χ3v) is 3.72. The molecule has 3 aromatic rings. The van der Waals surface area contributed by atoms with Crippen LogP contribution in [0.15, 0.2) is 60.1 Å². The van der Waals surface area contributed by atoms with Crippen LogP contribution in [0.4, 0.5) is 10.1 Å². The van der Waals surface area contributed by atoms with Crippen LogP contribution in [-0.4, -0.2) is 15.5 Å². The summed E-state index contributed by atoms with van der Waals surface area (Å²) in [6.07, 6.45) is 4.86. The highest BCUT2D eigenvalue weighted by molar-refractivity contribution is 5.92. The first-order valence-electron chi connectivity index (χ1n) is 7.93. The van der Waals surface area contributed by atoms with Crippen LogP contribution in [0.3, 0.4) is 0 Å². The Bertz CT molecular complexity index is 880. The Kier molecular flexibility index (Phi) is 4.79. The number of hydrogen-bond acceptors (Lipinski definition) is 2. The number of nitrogens with zero attached hydrogens (tertiary/aromatic N) is 3. The van der Waals surface area contributed by atoms with Crippen molar-refractivity contribution in [2.45, 2.75) is 20.4 Å². The molecule has 3 N–H and O–H groups in total. The van der Waals surface area contributed by atoms with Crippen molar-refractivity contribution in [2.24, 2.45) is 10.7 Å². The number of aromatic nitrogens is 2. The number of rotatable bonds is 4. The summed E-state index contributed by atoms with van der Waals surface area (Å²) >= 11 is 0. The van der Waals surface area contributed by atoms with Crippen molar-refractivity contribution in [3.05, 3.63) is 77.6 Å². The normalized spacial score (nSPS) is 11.6. The Morgan fingerprint density at radius 2 is 1.96 bits per heavy atom. The fraction of sp³-hybridized carbons (Fsp3) is 0.158. The average Bonchev–Trinajstić information content (AvgIpc) is 3.06. The van der Waals surface area contributed by atoms with E-state index in [9.17, 15) is 4.39 Å². The van der Waals surface area contributed by atoms with Crippen LogP contribution >= 0.6 is 0 Å². The first kappa shape index (κ1) is 16.7. The largest absolute Gasteiger partial charge is 0.370 e. The van der Waals surface area contributed by atoms with Gasteiger partial charge in [0.1, 0.15) is 5.82 Å². The molecule has 0 radical (unpaired) electrons. The standard InChI is InChI=1S/C19H20FN5/c1-13-7-14(2)9-16(8-13)24-19(21)23-11-15-3-4-18(17(20)10-15)25-6-5-22-12-25/h3-10,12H,11H2,1-2H3,(H3,21,23,24). The molecule has 25 heavy (non-hydrogen) atoms. The van der Waals surface area contributed by atoms with Gasteiger partial charge in [0.15, 0.2) is 5.96 Å².